The Morgan fingerprint density at radius 1 is 1.40 bits per heavy atom. The highest BCUT2D eigenvalue weighted by atomic mass is 16.6. The van der Waals surface area contributed by atoms with E-state index in [-0.39, 0.29) is 41.7 Å². The van der Waals surface area contributed by atoms with Crippen LogP contribution in [0.3, 0.4) is 0 Å². The standard InChI is InChI=1S/C16H24O4/c1-8(2)15(3,4)14(18)19-12-9-6-10-11(7-9)16(12,5)20-13(10)17/h8-12H,6-7H2,1-5H3. The number of ether oxygens (including phenoxy) is 2. The summed E-state index contributed by atoms with van der Waals surface area (Å²) in [5.74, 6) is 0.499. The van der Waals surface area contributed by atoms with Gasteiger partial charge in [-0.2, -0.15) is 0 Å². The van der Waals surface area contributed by atoms with Gasteiger partial charge in [0.05, 0.1) is 11.3 Å². The van der Waals surface area contributed by atoms with Crippen LogP contribution in [0, 0.1) is 29.1 Å². The third kappa shape index (κ3) is 1.60. The maximum absolute atomic E-state index is 12.5. The molecule has 1 heterocycles. The summed E-state index contributed by atoms with van der Waals surface area (Å²) in [4.78, 5) is 24.3. The molecule has 3 aliphatic rings. The summed E-state index contributed by atoms with van der Waals surface area (Å²) in [5, 5.41) is 0. The molecule has 112 valence electrons. The molecule has 2 bridgehead atoms. The van der Waals surface area contributed by atoms with Gasteiger partial charge in [-0.25, -0.2) is 0 Å². The number of hydrogen-bond acceptors (Lipinski definition) is 4. The number of hydrogen-bond donors (Lipinski definition) is 0. The van der Waals surface area contributed by atoms with Gasteiger partial charge in [0, 0.05) is 11.8 Å². The zero-order valence-corrected chi connectivity index (χ0v) is 12.9. The Labute approximate surface area is 120 Å². The Hall–Kier alpha value is -1.06. The van der Waals surface area contributed by atoms with E-state index in [9.17, 15) is 9.59 Å². The molecule has 4 nitrogen and oxygen atoms in total. The second-order valence-electron chi connectivity index (χ2n) is 7.75. The molecule has 0 aromatic rings. The summed E-state index contributed by atoms with van der Waals surface area (Å²) in [6.45, 7) is 9.82. The average Bonchev–Trinajstić information content (AvgIpc) is 2.92. The van der Waals surface area contributed by atoms with Crippen LogP contribution in [0.25, 0.3) is 0 Å². The predicted molar refractivity (Wildman–Crippen MR) is 72.7 cm³/mol. The van der Waals surface area contributed by atoms with E-state index in [1.165, 1.54) is 0 Å². The molecule has 5 atom stereocenters. The number of carbonyl (C=O) groups is 2. The molecule has 0 amide bonds. The monoisotopic (exact) mass is 280 g/mol. The first kappa shape index (κ1) is 13.9. The van der Waals surface area contributed by atoms with Gasteiger partial charge in [-0.3, -0.25) is 9.59 Å². The van der Waals surface area contributed by atoms with Gasteiger partial charge in [-0.15, -0.1) is 0 Å². The van der Waals surface area contributed by atoms with Crippen molar-refractivity contribution >= 4 is 11.9 Å². The van der Waals surface area contributed by atoms with Gasteiger partial charge in [-0.05, 0) is 39.5 Å². The van der Waals surface area contributed by atoms with Gasteiger partial charge in [0.2, 0.25) is 0 Å². The van der Waals surface area contributed by atoms with Crippen molar-refractivity contribution in [3.05, 3.63) is 0 Å². The van der Waals surface area contributed by atoms with E-state index >= 15 is 0 Å². The Morgan fingerprint density at radius 3 is 2.65 bits per heavy atom. The van der Waals surface area contributed by atoms with E-state index in [2.05, 4.69) is 0 Å². The highest BCUT2D eigenvalue weighted by molar-refractivity contribution is 5.79. The van der Waals surface area contributed by atoms with Crippen LogP contribution in [0.2, 0.25) is 0 Å². The summed E-state index contributed by atoms with van der Waals surface area (Å²) < 4.78 is 11.4. The molecule has 5 unspecified atom stereocenters. The van der Waals surface area contributed by atoms with Crippen LogP contribution in [-0.4, -0.2) is 23.6 Å². The molecule has 3 fully saturated rings. The van der Waals surface area contributed by atoms with Crippen molar-refractivity contribution in [2.24, 2.45) is 29.1 Å². The fourth-order valence-corrected chi connectivity index (χ4v) is 4.04. The van der Waals surface area contributed by atoms with Crippen molar-refractivity contribution in [1.29, 1.82) is 0 Å². The minimum Gasteiger partial charge on any atom is -0.457 e. The minimum atomic E-state index is -0.590. The molecular weight excluding hydrogens is 256 g/mol. The zero-order valence-electron chi connectivity index (χ0n) is 12.9. The topological polar surface area (TPSA) is 52.6 Å². The van der Waals surface area contributed by atoms with Gasteiger partial charge in [-0.1, -0.05) is 13.8 Å². The van der Waals surface area contributed by atoms with Gasteiger partial charge in [0.15, 0.2) is 0 Å². The first-order chi connectivity index (χ1) is 9.18. The van der Waals surface area contributed by atoms with Crippen molar-refractivity contribution < 1.29 is 19.1 Å². The lowest BCUT2D eigenvalue weighted by Crippen LogP contribution is -2.48. The average molecular weight is 280 g/mol. The summed E-state index contributed by atoms with van der Waals surface area (Å²) in [5.41, 5.74) is -1.10. The molecule has 0 spiro atoms. The number of esters is 2. The van der Waals surface area contributed by atoms with E-state index in [1.54, 1.807) is 0 Å². The Balaban J connectivity index is 1.80. The summed E-state index contributed by atoms with van der Waals surface area (Å²) in [6, 6.07) is 0. The highest BCUT2D eigenvalue weighted by Gasteiger charge is 2.70. The van der Waals surface area contributed by atoms with Gasteiger partial charge >= 0.3 is 11.9 Å². The normalized spacial score (nSPS) is 42.2. The largest absolute Gasteiger partial charge is 0.457 e. The molecule has 20 heavy (non-hydrogen) atoms. The Bertz CT molecular complexity index is 467. The summed E-state index contributed by atoms with van der Waals surface area (Å²) >= 11 is 0. The van der Waals surface area contributed by atoms with Crippen molar-refractivity contribution in [3.8, 4) is 0 Å². The molecule has 4 heteroatoms. The van der Waals surface area contributed by atoms with Crippen LogP contribution < -0.4 is 0 Å². The summed E-state index contributed by atoms with van der Waals surface area (Å²) in [7, 11) is 0. The number of carbonyl (C=O) groups excluding carboxylic acids is 2. The quantitative estimate of drug-likeness (QED) is 0.746. The zero-order chi connectivity index (χ0) is 14.9. The molecule has 1 saturated heterocycles. The second kappa shape index (κ2) is 3.99. The lowest BCUT2D eigenvalue weighted by atomic mass is 9.78. The SMILES string of the molecule is CC(C)C(C)(C)C(=O)OC1C2CC3C(=O)OC1(C)C3C2. The maximum atomic E-state index is 12.5. The van der Waals surface area contributed by atoms with E-state index in [1.807, 2.05) is 34.6 Å². The maximum Gasteiger partial charge on any atom is 0.312 e. The minimum absolute atomic E-state index is 0.0399. The molecule has 1 aliphatic heterocycles. The highest BCUT2D eigenvalue weighted by Crippen LogP contribution is 2.61. The molecule has 0 aromatic heterocycles. The molecule has 0 radical (unpaired) electrons. The third-order valence-corrected chi connectivity index (χ3v) is 6.16. The van der Waals surface area contributed by atoms with Crippen LogP contribution in [-0.2, 0) is 19.1 Å². The van der Waals surface area contributed by atoms with Gasteiger partial charge in [0.1, 0.15) is 11.7 Å². The van der Waals surface area contributed by atoms with Crippen LogP contribution in [0.1, 0.15) is 47.5 Å². The van der Waals surface area contributed by atoms with E-state index < -0.39 is 11.0 Å². The van der Waals surface area contributed by atoms with Crippen molar-refractivity contribution in [3.63, 3.8) is 0 Å². The Kier molecular flexibility index (Phi) is 2.77. The fraction of sp³-hybridized carbons (Fsp3) is 0.875. The molecule has 2 saturated carbocycles. The lowest BCUT2D eigenvalue weighted by molar-refractivity contribution is -0.183. The van der Waals surface area contributed by atoms with Crippen LogP contribution in [0.5, 0.6) is 0 Å². The third-order valence-electron chi connectivity index (χ3n) is 6.16. The first-order valence-corrected chi connectivity index (χ1v) is 7.62. The number of fused-ring (bicyclic) bond motifs is 1. The van der Waals surface area contributed by atoms with Crippen LogP contribution in [0.4, 0.5) is 0 Å². The van der Waals surface area contributed by atoms with E-state index in [0.717, 1.165) is 12.8 Å². The van der Waals surface area contributed by atoms with Crippen molar-refractivity contribution in [1.82, 2.24) is 0 Å². The van der Waals surface area contributed by atoms with Gasteiger partial charge < -0.3 is 9.47 Å². The van der Waals surface area contributed by atoms with Crippen molar-refractivity contribution in [2.75, 3.05) is 0 Å². The first-order valence-electron chi connectivity index (χ1n) is 7.62. The van der Waals surface area contributed by atoms with Gasteiger partial charge in [0.25, 0.3) is 0 Å². The number of rotatable bonds is 3. The Morgan fingerprint density at radius 2 is 2.05 bits per heavy atom. The molecular formula is C16H24O4. The van der Waals surface area contributed by atoms with E-state index in [0.29, 0.717) is 0 Å². The second-order valence-corrected chi connectivity index (χ2v) is 7.75. The van der Waals surface area contributed by atoms with Crippen LogP contribution >= 0.6 is 0 Å². The molecule has 0 aromatic carbocycles. The molecule has 0 N–H and O–H groups in total. The van der Waals surface area contributed by atoms with E-state index in [4.69, 9.17) is 9.47 Å². The summed E-state index contributed by atoms with van der Waals surface area (Å²) in [6.07, 6.45) is 1.51. The molecule has 3 rings (SSSR count). The molecule has 2 aliphatic carbocycles. The van der Waals surface area contributed by atoms with Crippen LogP contribution in [0.15, 0.2) is 0 Å². The smallest absolute Gasteiger partial charge is 0.312 e. The predicted octanol–water partition coefficient (Wildman–Crippen LogP) is 2.55. The fourth-order valence-electron chi connectivity index (χ4n) is 4.04. The van der Waals surface area contributed by atoms with Crippen molar-refractivity contribution in [2.45, 2.75) is 59.2 Å². The lowest BCUT2D eigenvalue weighted by Gasteiger charge is -2.37.